The molecule has 10 heteroatoms. The van der Waals surface area contributed by atoms with Crippen molar-refractivity contribution in [3.05, 3.63) is 35.4 Å². The Balaban J connectivity index is 1.76. The van der Waals surface area contributed by atoms with Crippen LogP contribution in [0.25, 0.3) is 0 Å². The van der Waals surface area contributed by atoms with Gasteiger partial charge >= 0.3 is 6.09 Å². The lowest BCUT2D eigenvalue weighted by molar-refractivity contribution is 0.0640. The minimum Gasteiger partial charge on any atom is -0.445 e. The number of nitrogens with zero attached hydrogens (tertiary/aromatic N) is 1. The first-order valence-corrected chi connectivity index (χ1v) is 8.39. The van der Waals surface area contributed by atoms with Crippen LogP contribution in [0, 0.1) is 0 Å². The molecule has 0 spiro atoms. The summed E-state index contributed by atoms with van der Waals surface area (Å²) in [4.78, 5) is 36.5. The summed E-state index contributed by atoms with van der Waals surface area (Å²) in [7, 11) is 0. The molecule has 25 heavy (non-hydrogen) atoms. The monoisotopic (exact) mass is 410 g/mol. The summed E-state index contributed by atoms with van der Waals surface area (Å²) in [5.74, 6) is -0.911. The first-order chi connectivity index (χ1) is 11.7. The molecule has 0 aliphatic carbocycles. The molecule has 1 heterocycles. The average Bonchev–Trinajstić information content (AvgIpc) is 2.80. The minimum absolute atomic E-state index is 0.0988. The molecule has 1 aromatic carbocycles. The predicted molar refractivity (Wildman–Crippen MR) is 91.0 cm³/mol. The van der Waals surface area contributed by atoms with Gasteiger partial charge in [0.2, 0.25) is 3.79 Å². The van der Waals surface area contributed by atoms with Gasteiger partial charge in [-0.3, -0.25) is 14.5 Å². The summed E-state index contributed by atoms with van der Waals surface area (Å²) in [6, 6.07) is 6.39. The van der Waals surface area contributed by atoms with E-state index >= 15 is 0 Å². The SMILES string of the molecule is O=C(NC[C@@H](F)CCN1C(=O)c2ccccc2C1=O)OCC(Cl)(Cl)Cl. The third-order valence-electron chi connectivity index (χ3n) is 3.38. The van der Waals surface area contributed by atoms with Gasteiger partial charge < -0.3 is 10.1 Å². The van der Waals surface area contributed by atoms with Crippen LogP contribution in [0.4, 0.5) is 9.18 Å². The number of halogens is 4. The molecule has 0 saturated heterocycles. The third kappa shape index (κ3) is 5.45. The van der Waals surface area contributed by atoms with E-state index in [9.17, 15) is 18.8 Å². The number of benzene rings is 1. The Hall–Kier alpha value is -1.57. The van der Waals surface area contributed by atoms with Gasteiger partial charge in [0, 0.05) is 6.54 Å². The van der Waals surface area contributed by atoms with Crippen LogP contribution >= 0.6 is 34.8 Å². The molecular formula is C15H14Cl3FN2O4. The molecule has 1 aromatic rings. The Morgan fingerprint density at radius 2 is 1.76 bits per heavy atom. The van der Waals surface area contributed by atoms with E-state index in [1.54, 1.807) is 24.3 Å². The van der Waals surface area contributed by atoms with Crippen molar-refractivity contribution in [2.75, 3.05) is 19.7 Å². The number of ether oxygens (including phenoxy) is 1. The summed E-state index contributed by atoms with van der Waals surface area (Å²) in [5, 5.41) is 2.17. The highest BCUT2D eigenvalue weighted by Gasteiger charge is 2.35. The minimum atomic E-state index is -1.75. The lowest BCUT2D eigenvalue weighted by atomic mass is 10.1. The largest absolute Gasteiger partial charge is 0.445 e. The van der Waals surface area contributed by atoms with E-state index in [1.165, 1.54) is 0 Å². The topological polar surface area (TPSA) is 75.7 Å². The maximum atomic E-state index is 13.9. The van der Waals surface area contributed by atoms with E-state index in [2.05, 4.69) is 10.1 Å². The Morgan fingerprint density at radius 3 is 2.28 bits per heavy atom. The summed E-state index contributed by atoms with van der Waals surface area (Å²) < 4.78 is 16.7. The average molecular weight is 412 g/mol. The number of amides is 3. The second kappa shape index (κ2) is 8.21. The molecule has 3 amide bonds. The molecule has 0 radical (unpaired) electrons. The Bertz CT molecular complexity index is 646. The second-order valence-corrected chi connectivity index (χ2v) is 7.78. The van der Waals surface area contributed by atoms with Crippen molar-refractivity contribution in [1.82, 2.24) is 10.2 Å². The standard InChI is InChI=1S/C15H14Cl3FN2O4/c16-15(17,18)8-25-14(24)20-7-9(19)5-6-21-12(22)10-3-1-2-4-11(10)13(21)23/h1-4,9H,5-8H2,(H,20,24)/t9-/m0/s1. The number of hydrogen-bond acceptors (Lipinski definition) is 4. The fourth-order valence-corrected chi connectivity index (χ4v) is 2.37. The van der Waals surface area contributed by atoms with Gasteiger partial charge in [0.05, 0.1) is 17.7 Å². The van der Waals surface area contributed by atoms with Gasteiger partial charge in [0.15, 0.2) is 0 Å². The molecule has 1 N–H and O–H groups in total. The van der Waals surface area contributed by atoms with Gasteiger partial charge in [0.1, 0.15) is 12.8 Å². The van der Waals surface area contributed by atoms with Gasteiger partial charge in [-0.25, -0.2) is 9.18 Å². The fraction of sp³-hybridized carbons (Fsp3) is 0.400. The van der Waals surface area contributed by atoms with Gasteiger partial charge in [-0.05, 0) is 18.6 Å². The number of carbonyl (C=O) groups is 3. The second-order valence-electron chi connectivity index (χ2n) is 5.27. The van der Waals surface area contributed by atoms with Crippen molar-refractivity contribution in [3.63, 3.8) is 0 Å². The molecule has 0 saturated carbocycles. The summed E-state index contributed by atoms with van der Waals surface area (Å²) in [6.07, 6.45) is -2.55. The predicted octanol–water partition coefficient (Wildman–Crippen LogP) is 3.11. The van der Waals surface area contributed by atoms with Crippen LogP contribution in [0.1, 0.15) is 27.1 Å². The number of alkyl halides is 4. The smallest absolute Gasteiger partial charge is 0.407 e. The molecule has 1 aliphatic heterocycles. The van der Waals surface area contributed by atoms with Crippen molar-refractivity contribution in [3.8, 4) is 0 Å². The number of hydrogen-bond donors (Lipinski definition) is 1. The maximum Gasteiger partial charge on any atom is 0.407 e. The molecule has 0 aromatic heterocycles. The normalized spacial score (nSPS) is 15.1. The van der Waals surface area contributed by atoms with Crippen molar-refractivity contribution in [2.24, 2.45) is 0 Å². The highest BCUT2D eigenvalue weighted by Crippen LogP contribution is 2.26. The first kappa shape index (κ1) is 19.8. The molecule has 6 nitrogen and oxygen atoms in total. The summed E-state index contributed by atoms with van der Waals surface area (Å²) >= 11 is 16.2. The van der Waals surface area contributed by atoms with Gasteiger partial charge in [-0.2, -0.15) is 0 Å². The lowest BCUT2D eigenvalue weighted by Crippen LogP contribution is -2.36. The summed E-state index contributed by atoms with van der Waals surface area (Å²) in [5.41, 5.74) is 0.604. The number of carbonyl (C=O) groups excluding carboxylic acids is 3. The van der Waals surface area contributed by atoms with Crippen molar-refractivity contribution < 1.29 is 23.5 Å². The van der Waals surface area contributed by atoms with Gasteiger partial charge in [-0.15, -0.1) is 0 Å². The molecule has 136 valence electrons. The highest BCUT2D eigenvalue weighted by molar-refractivity contribution is 6.67. The number of fused-ring (bicyclic) bond motifs is 1. The number of rotatable bonds is 6. The number of imide groups is 1. The number of alkyl carbamates (subject to hydrolysis) is 1. The van der Waals surface area contributed by atoms with E-state index < -0.39 is 34.5 Å². The zero-order chi connectivity index (χ0) is 18.6. The van der Waals surface area contributed by atoms with Crippen molar-refractivity contribution in [2.45, 2.75) is 16.4 Å². The molecule has 2 rings (SSSR count). The molecule has 1 atom stereocenters. The van der Waals surface area contributed by atoms with Crippen LogP contribution in [0.2, 0.25) is 0 Å². The summed E-state index contributed by atoms with van der Waals surface area (Å²) in [6.45, 7) is -0.935. The molecule has 0 bridgehead atoms. The number of nitrogens with one attached hydrogen (secondary N) is 1. The molecule has 0 unspecified atom stereocenters. The van der Waals surface area contributed by atoms with Gasteiger partial charge in [-0.1, -0.05) is 46.9 Å². The van der Waals surface area contributed by atoms with E-state index in [0.29, 0.717) is 11.1 Å². The lowest BCUT2D eigenvalue weighted by Gasteiger charge is -2.16. The van der Waals surface area contributed by atoms with Crippen LogP contribution < -0.4 is 5.32 Å². The molecular weight excluding hydrogens is 398 g/mol. The fourth-order valence-electron chi connectivity index (χ4n) is 2.21. The molecule has 0 fully saturated rings. The van der Waals surface area contributed by atoms with E-state index in [4.69, 9.17) is 34.8 Å². The van der Waals surface area contributed by atoms with Crippen molar-refractivity contribution in [1.29, 1.82) is 0 Å². The highest BCUT2D eigenvalue weighted by atomic mass is 35.6. The quantitative estimate of drug-likeness (QED) is 0.576. The van der Waals surface area contributed by atoms with Gasteiger partial charge in [0.25, 0.3) is 11.8 Å². The zero-order valence-corrected chi connectivity index (χ0v) is 15.1. The van der Waals surface area contributed by atoms with E-state index in [-0.39, 0.29) is 19.5 Å². The third-order valence-corrected chi connectivity index (χ3v) is 3.71. The van der Waals surface area contributed by atoms with Crippen LogP contribution in [-0.4, -0.2) is 52.5 Å². The van der Waals surface area contributed by atoms with Crippen LogP contribution in [0.15, 0.2) is 24.3 Å². The first-order valence-electron chi connectivity index (χ1n) is 7.25. The van der Waals surface area contributed by atoms with Crippen LogP contribution in [-0.2, 0) is 4.74 Å². The van der Waals surface area contributed by atoms with Crippen LogP contribution in [0.3, 0.4) is 0 Å². The Labute approximate surface area is 158 Å². The maximum absolute atomic E-state index is 13.9. The van der Waals surface area contributed by atoms with E-state index in [0.717, 1.165) is 4.90 Å². The zero-order valence-electron chi connectivity index (χ0n) is 12.8. The van der Waals surface area contributed by atoms with E-state index in [1.807, 2.05) is 0 Å². The molecule has 1 aliphatic rings. The van der Waals surface area contributed by atoms with Crippen molar-refractivity contribution >= 4 is 52.7 Å². The Kier molecular flexibility index (Phi) is 6.48. The Morgan fingerprint density at radius 1 is 1.20 bits per heavy atom. The van der Waals surface area contributed by atoms with Crippen LogP contribution in [0.5, 0.6) is 0 Å².